The normalized spacial score (nSPS) is 12.2. The number of hydrogen-bond acceptors (Lipinski definition) is 2. The van der Waals surface area contributed by atoms with Gasteiger partial charge in [0.25, 0.3) is 0 Å². The van der Waals surface area contributed by atoms with Crippen LogP contribution < -0.4 is 10.6 Å². The zero-order valence-corrected chi connectivity index (χ0v) is 11.7. The fourth-order valence-corrected chi connectivity index (χ4v) is 2.17. The molecule has 2 N–H and O–H groups in total. The molecule has 0 saturated carbocycles. The van der Waals surface area contributed by atoms with Crippen molar-refractivity contribution in [1.29, 1.82) is 0 Å². The number of rotatable bonds is 5. The molecule has 0 radical (unpaired) electrons. The Balaban J connectivity index is 2.00. The SMILES string of the molecule is CN(CCC(N)c1cc(F)cc(F)c1)c1ccccc1F. The summed E-state index contributed by atoms with van der Waals surface area (Å²) in [6, 6.07) is 9.15. The van der Waals surface area contributed by atoms with Gasteiger partial charge in [-0.15, -0.1) is 0 Å². The predicted molar refractivity (Wildman–Crippen MR) is 77.6 cm³/mol. The molecule has 0 fully saturated rings. The van der Waals surface area contributed by atoms with Crippen LogP contribution in [0.5, 0.6) is 0 Å². The van der Waals surface area contributed by atoms with E-state index in [4.69, 9.17) is 5.73 Å². The molecule has 0 heterocycles. The second kappa shape index (κ2) is 6.63. The number of nitrogens with zero attached hydrogens (tertiary/aromatic N) is 1. The predicted octanol–water partition coefficient (Wildman–Crippen LogP) is 3.63. The zero-order chi connectivity index (χ0) is 15.4. The van der Waals surface area contributed by atoms with Crippen molar-refractivity contribution in [1.82, 2.24) is 0 Å². The highest BCUT2D eigenvalue weighted by molar-refractivity contribution is 5.46. The van der Waals surface area contributed by atoms with Gasteiger partial charge in [-0.1, -0.05) is 12.1 Å². The second-order valence-electron chi connectivity index (χ2n) is 4.97. The Morgan fingerprint density at radius 3 is 2.29 bits per heavy atom. The van der Waals surface area contributed by atoms with Gasteiger partial charge < -0.3 is 10.6 Å². The Kier molecular flexibility index (Phi) is 4.85. The smallest absolute Gasteiger partial charge is 0.146 e. The summed E-state index contributed by atoms with van der Waals surface area (Å²) in [6.45, 7) is 0.472. The summed E-state index contributed by atoms with van der Waals surface area (Å²) in [5.74, 6) is -1.61. The van der Waals surface area contributed by atoms with Gasteiger partial charge in [-0.2, -0.15) is 0 Å². The first kappa shape index (κ1) is 15.4. The fraction of sp³-hybridized carbons (Fsp3) is 0.250. The number of halogens is 3. The van der Waals surface area contributed by atoms with Crippen molar-refractivity contribution in [2.75, 3.05) is 18.5 Å². The number of hydrogen-bond donors (Lipinski definition) is 1. The third kappa shape index (κ3) is 3.98. The molecule has 2 aromatic rings. The summed E-state index contributed by atoms with van der Waals surface area (Å²) < 4.78 is 39.9. The maximum atomic E-state index is 13.6. The summed E-state index contributed by atoms with van der Waals surface area (Å²) in [7, 11) is 1.75. The van der Waals surface area contributed by atoms with Gasteiger partial charge >= 0.3 is 0 Å². The van der Waals surface area contributed by atoms with E-state index in [1.807, 2.05) is 0 Å². The van der Waals surface area contributed by atoms with E-state index in [0.717, 1.165) is 6.07 Å². The van der Waals surface area contributed by atoms with Crippen LogP contribution in [0.4, 0.5) is 18.9 Å². The molecular formula is C16H17F3N2. The topological polar surface area (TPSA) is 29.3 Å². The van der Waals surface area contributed by atoms with E-state index in [-0.39, 0.29) is 5.82 Å². The van der Waals surface area contributed by atoms with Crippen molar-refractivity contribution >= 4 is 5.69 Å². The molecular weight excluding hydrogens is 277 g/mol. The van der Waals surface area contributed by atoms with E-state index in [0.29, 0.717) is 24.2 Å². The molecule has 2 nitrogen and oxygen atoms in total. The van der Waals surface area contributed by atoms with Gasteiger partial charge in [-0.3, -0.25) is 0 Å². The van der Waals surface area contributed by atoms with Crippen molar-refractivity contribution in [2.45, 2.75) is 12.5 Å². The first-order chi connectivity index (χ1) is 9.97. The summed E-state index contributed by atoms with van der Waals surface area (Å²) in [4.78, 5) is 1.73. The van der Waals surface area contributed by atoms with Crippen molar-refractivity contribution in [3.63, 3.8) is 0 Å². The van der Waals surface area contributed by atoms with E-state index in [2.05, 4.69) is 0 Å². The van der Waals surface area contributed by atoms with Crippen LogP contribution in [0, 0.1) is 17.5 Å². The summed E-state index contributed by atoms with van der Waals surface area (Å²) in [6.07, 6.45) is 0.452. The van der Waals surface area contributed by atoms with Crippen molar-refractivity contribution in [2.24, 2.45) is 5.73 Å². The van der Waals surface area contributed by atoms with Gasteiger partial charge in [-0.25, -0.2) is 13.2 Å². The van der Waals surface area contributed by atoms with E-state index in [1.165, 1.54) is 18.2 Å². The van der Waals surface area contributed by atoms with Crippen LogP contribution in [0.1, 0.15) is 18.0 Å². The lowest BCUT2D eigenvalue weighted by atomic mass is 10.0. The Labute approximate surface area is 122 Å². The Hall–Kier alpha value is -2.01. The average molecular weight is 294 g/mol. The van der Waals surface area contributed by atoms with Gasteiger partial charge in [0, 0.05) is 25.7 Å². The molecule has 0 spiro atoms. The number of nitrogens with two attached hydrogens (primary N) is 1. The summed E-state index contributed by atoms with van der Waals surface area (Å²) >= 11 is 0. The molecule has 0 amide bonds. The molecule has 2 aromatic carbocycles. The zero-order valence-electron chi connectivity index (χ0n) is 11.7. The van der Waals surface area contributed by atoms with E-state index in [9.17, 15) is 13.2 Å². The van der Waals surface area contributed by atoms with Gasteiger partial charge in [-0.05, 0) is 36.2 Å². The third-order valence-corrected chi connectivity index (χ3v) is 3.35. The summed E-state index contributed by atoms with van der Waals surface area (Å²) in [5, 5.41) is 0. The van der Waals surface area contributed by atoms with Crippen molar-refractivity contribution in [3.8, 4) is 0 Å². The molecule has 1 atom stereocenters. The second-order valence-corrected chi connectivity index (χ2v) is 4.97. The minimum Gasteiger partial charge on any atom is -0.372 e. The quantitative estimate of drug-likeness (QED) is 0.912. The molecule has 0 bridgehead atoms. The third-order valence-electron chi connectivity index (χ3n) is 3.35. The molecule has 0 aromatic heterocycles. The first-order valence-electron chi connectivity index (χ1n) is 6.64. The maximum Gasteiger partial charge on any atom is 0.146 e. The number of anilines is 1. The molecule has 21 heavy (non-hydrogen) atoms. The molecule has 0 aliphatic heterocycles. The van der Waals surface area contributed by atoms with Gasteiger partial charge in [0.1, 0.15) is 17.5 Å². The monoisotopic (exact) mass is 294 g/mol. The van der Waals surface area contributed by atoms with Gasteiger partial charge in [0.15, 0.2) is 0 Å². The van der Waals surface area contributed by atoms with Crippen LogP contribution in [0.15, 0.2) is 42.5 Å². The minimum atomic E-state index is -0.650. The Morgan fingerprint density at radius 2 is 1.67 bits per heavy atom. The molecule has 5 heteroatoms. The minimum absolute atomic E-state index is 0.314. The van der Waals surface area contributed by atoms with Crippen LogP contribution in [0.25, 0.3) is 0 Å². The maximum absolute atomic E-state index is 13.6. The fourth-order valence-electron chi connectivity index (χ4n) is 2.17. The van der Waals surface area contributed by atoms with E-state index in [1.54, 1.807) is 30.1 Å². The largest absolute Gasteiger partial charge is 0.372 e. The molecule has 2 rings (SSSR count). The van der Waals surface area contributed by atoms with Crippen LogP contribution in [0.3, 0.4) is 0 Å². The number of benzene rings is 2. The standard InChI is InChI=1S/C16H17F3N2/c1-21(16-5-3-2-4-14(16)19)7-6-15(20)11-8-12(17)10-13(18)9-11/h2-5,8-10,15H,6-7,20H2,1H3. The molecule has 0 aliphatic carbocycles. The lowest BCUT2D eigenvalue weighted by Gasteiger charge is -2.22. The lowest BCUT2D eigenvalue weighted by Crippen LogP contribution is -2.24. The Bertz CT molecular complexity index is 596. The van der Waals surface area contributed by atoms with E-state index >= 15 is 0 Å². The molecule has 0 aliphatic rings. The van der Waals surface area contributed by atoms with Crippen molar-refractivity contribution < 1.29 is 13.2 Å². The highest BCUT2D eigenvalue weighted by Crippen LogP contribution is 2.21. The van der Waals surface area contributed by atoms with Gasteiger partial charge in [0.05, 0.1) is 5.69 Å². The average Bonchev–Trinajstić information content (AvgIpc) is 2.43. The number of para-hydroxylation sites is 1. The van der Waals surface area contributed by atoms with Crippen LogP contribution in [-0.2, 0) is 0 Å². The summed E-state index contributed by atoms with van der Waals surface area (Å²) in [5.41, 5.74) is 6.81. The molecule has 112 valence electrons. The van der Waals surface area contributed by atoms with Crippen molar-refractivity contribution in [3.05, 3.63) is 65.5 Å². The highest BCUT2D eigenvalue weighted by atomic mass is 19.1. The molecule has 1 unspecified atom stereocenters. The van der Waals surface area contributed by atoms with Crippen LogP contribution in [-0.4, -0.2) is 13.6 Å². The lowest BCUT2D eigenvalue weighted by molar-refractivity contribution is 0.566. The van der Waals surface area contributed by atoms with Gasteiger partial charge in [0.2, 0.25) is 0 Å². The first-order valence-corrected chi connectivity index (χ1v) is 6.64. The van der Waals surface area contributed by atoms with Crippen LogP contribution in [0.2, 0.25) is 0 Å². The Morgan fingerprint density at radius 1 is 1.05 bits per heavy atom. The molecule has 0 saturated heterocycles. The highest BCUT2D eigenvalue weighted by Gasteiger charge is 2.12. The van der Waals surface area contributed by atoms with Crippen LogP contribution >= 0.6 is 0 Å². The van der Waals surface area contributed by atoms with E-state index < -0.39 is 17.7 Å².